The molecule has 1 aromatic heterocycles. The maximum absolute atomic E-state index is 12.2. The van der Waals surface area contributed by atoms with Gasteiger partial charge in [-0.25, -0.2) is 0 Å². The van der Waals surface area contributed by atoms with E-state index in [1.54, 1.807) is 24.5 Å². The van der Waals surface area contributed by atoms with Crippen molar-refractivity contribution >= 4 is 5.91 Å². The lowest BCUT2D eigenvalue weighted by Gasteiger charge is -2.18. The molecular formula is C18H22N2O. The van der Waals surface area contributed by atoms with Crippen molar-refractivity contribution in [2.24, 2.45) is 0 Å². The zero-order valence-corrected chi connectivity index (χ0v) is 12.8. The van der Waals surface area contributed by atoms with E-state index >= 15 is 0 Å². The van der Waals surface area contributed by atoms with Gasteiger partial charge in [0.25, 0.3) is 5.91 Å². The lowest BCUT2D eigenvalue weighted by Crippen LogP contribution is -2.28. The molecule has 0 saturated carbocycles. The number of hydrogen-bond acceptors (Lipinski definition) is 2. The van der Waals surface area contributed by atoms with E-state index in [1.807, 2.05) is 0 Å². The standard InChI is InChI=1S/C18H22N2O/c1-4-17(15-9-7-14(8-10-15)13(2)3)20-18(21)16-6-5-11-19-12-16/h5-13,17H,4H2,1-3H3,(H,20,21)/t17-/m1/s1. The average molecular weight is 282 g/mol. The van der Waals surface area contributed by atoms with Crippen LogP contribution in [0.1, 0.15) is 60.6 Å². The molecule has 1 N–H and O–H groups in total. The molecule has 110 valence electrons. The summed E-state index contributed by atoms with van der Waals surface area (Å²) in [4.78, 5) is 16.2. The molecule has 0 saturated heterocycles. The Kier molecular flexibility index (Phi) is 5.09. The minimum Gasteiger partial charge on any atom is -0.345 e. The zero-order valence-electron chi connectivity index (χ0n) is 12.8. The molecule has 0 fully saturated rings. The van der Waals surface area contributed by atoms with Crippen LogP contribution in [0.2, 0.25) is 0 Å². The van der Waals surface area contributed by atoms with Gasteiger partial charge in [0, 0.05) is 12.4 Å². The van der Waals surface area contributed by atoms with E-state index in [-0.39, 0.29) is 11.9 Å². The molecule has 0 bridgehead atoms. The van der Waals surface area contributed by atoms with Crippen molar-refractivity contribution in [1.29, 1.82) is 0 Å². The van der Waals surface area contributed by atoms with Gasteiger partial charge in [0.15, 0.2) is 0 Å². The second kappa shape index (κ2) is 7.02. The summed E-state index contributed by atoms with van der Waals surface area (Å²) in [5, 5.41) is 3.07. The molecule has 2 aromatic rings. The number of carbonyl (C=O) groups is 1. The smallest absolute Gasteiger partial charge is 0.253 e. The molecule has 0 aliphatic rings. The number of aromatic nitrogens is 1. The van der Waals surface area contributed by atoms with Crippen LogP contribution in [0.25, 0.3) is 0 Å². The van der Waals surface area contributed by atoms with E-state index in [0.717, 1.165) is 12.0 Å². The number of hydrogen-bond donors (Lipinski definition) is 1. The molecule has 2 rings (SSSR count). The van der Waals surface area contributed by atoms with Crippen LogP contribution >= 0.6 is 0 Å². The first-order valence-electron chi connectivity index (χ1n) is 7.42. The van der Waals surface area contributed by atoms with Crippen LogP contribution in [0.5, 0.6) is 0 Å². The highest BCUT2D eigenvalue weighted by Crippen LogP contribution is 2.21. The van der Waals surface area contributed by atoms with E-state index in [4.69, 9.17) is 0 Å². The van der Waals surface area contributed by atoms with Crippen LogP contribution in [-0.2, 0) is 0 Å². The first-order valence-corrected chi connectivity index (χ1v) is 7.42. The van der Waals surface area contributed by atoms with E-state index < -0.39 is 0 Å². The molecule has 3 heteroatoms. The quantitative estimate of drug-likeness (QED) is 0.897. The third kappa shape index (κ3) is 3.91. The molecule has 0 unspecified atom stereocenters. The Morgan fingerprint density at radius 3 is 2.33 bits per heavy atom. The summed E-state index contributed by atoms with van der Waals surface area (Å²) in [5.41, 5.74) is 3.04. The first-order chi connectivity index (χ1) is 10.1. The molecule has 0 radical (unpaired) electrons. The van der Waals surface area contributed by atoms with E-state index in [2.05, 4.69) is 55.3 Å². The van der Waals surface area contributed by atoms with E-state index in [0.29, 0.717) is 11.5 Å². The summed E-state index contributed by atoms with van der Waals surface area (Å²) >= 11 is 0. The maximum Gasteiger partial charge on any atom is 0.253 e. The molecule has 0 aliphatic carbocycles. The number of nitrogens with one attached hydrogen (secondary N) is 1. The second-order valence-electron chi connectivity index (χ2n) is 5.50. The predicted molar refractivity (Wildman–Crippen MR) is 85.3 cm³/mol. The summed E-state index contributed by atoms with van der Waals surface area (Å²) < 4.78 is 0. The largest absolute Gasteiger partial charge is 0.345 e. The Morgan fingerprint density at radius 1 is 1.14 bits per heavy atom. The molecule has 0 spiro atoms. The lowest BCUT2D eigenvalue weighted by molar-refractivity contribution is 0.0935. The highest BCUT2D eigenvalue weighted by molar-refractivity contribution is 5.94. The number of pyridine rings is 1. The summed E-state index contributed by atoms with van der Waals surface area (Å²) in [7, 11) is 0. The zero-order chi connectivity index (χ0) is 15.2. The molecule has 21 heavy (non-hydrogen) atoms. The second-order valence-corrected chi connectivity index (χ2v) is 5.50. The van der Waals surface area contributed by atoms with Gasteiger partial charge in [0.1, 0.15) is 0 Å². The molecule has 1 aromatic carbocycles. The molecule has 1 atom stereocenters. The fourth-order valence-electron chi connectivity index (χ4n) is 2.27. The van der Waals surface area contributed by atoms with E-state index in [1.165, 1.54) is 5.56 Å². The monoisotopic (exact) mass is 282 g/mol. The Balaban J connectivity index is 2.11. The van der Waals surface area contributed by atoms with Crippen molar-refractivity contribution < 1.29 is 4.79 Å². The Hall–Kier alpha value is -2.16. The lowest BCUT2D eigenvalue weighted by atomic mass is 9.98. The number of carbonyl (C=O) groups excluding carboxylic acids is 1. The summed E-state index contributed by atoms with van der Waals surface area (Å²) in [6.45, 7) is 6.43. The third-order valence-electron chi connectivity index (χ3n) is 3.64. The highest BCUT2D eigenvalue weighted by Gasteiger charge is 2.14. The van der Waals surface area contributed by atoms with Gasteiger partial charge in [-0.3, -0.25) is 9.78 Å². The maximum atomic E-state index is 12.2. The average Bonchev–Trinajstić information content (AvgIpc) is 2.53. The molecule has 1 heterocycles. The molecular weight excluding hydrogens is 260 g/mol. The van der Waals surface area contributed by atoms with Crippen LogP contribution in [0.3, 0.4) is 0 Å². The van der Waals surface area contributed by atoms with Gasteiger partial charge in [0.05, 0.1) is 11.6 Å². The minimum atomic E-state index is -0.0807. The first kappa shape index (κ1) is 15.2. The van der Waals surface area contributed by atoms with E-state index in [9.17, 15) is 4.79 Å². The summed E-state index contributed by atoms with van der Waals surface area (Å²) in [6.07, 6.45) is 4.11. The van der Waals surface area contributed by atoms with Crippen LogP contribution in [0.15, 0.2) is 48.8 Å². The number of rotatable bonds is 5. The van der Waals surface area contributed by atoms with Gasteiger partial charge in [-0.05, 0) is 35.6 Å². The van der Waals surface area contributed by atoms with Gasteiger partial charge < -0.3 is 5.32 Å². The minimum absolute atomic E-state index is 0.0268. The van der Waals surface area contributed by atoms with Crippen LogP contribution < -0.4 is 5.32 Å². The topological polar surface area (TPSA) is 42.0 Å². The van der Waals surface area contributed by atoms with Crippen LogP contribution in [0, 0.1) is 0 Å². The Morgan fingerprint density at radius 2 is 1.81 bits per heavy atom. The summed E-state index contributed by atoms with van der Waals surface area (Å²) in [6, 6.07) is 12.1. The number of nitrogens with zero attached hydrogens (tertiary/aromatic N) is 1. The fourth-order valence-corrected chi connectivity index (χ4v) is 2.27. The van der Waals surface area contributed by atoms with Gasteiger partial charge in [-0.15, -0.1) is 0 Å². The molecule has 3 nitrogen and oxygen atoms in total. The van der Waals surface area contributed by atoms with Gasteiger partial charge in [-0.2, -0.15) is 0 Å². The van der Waals surface area contributed by atoms with Crippen molar-refractivity contribution in [3.8, 4) is 0 Å². The van der Waals surface area contributed by atoms with Crippen molar-refractivity contribution in [3.05, 3.63) is 65.5 Å². The normalized spacial score (nSPS) is 12.2. The van der Waals surface area contributed by atoms with Crippen molar-refractivity contribution in [2.45, 2.75) is 39.2 Å². The van der Waals surface area contributed by atoms with Crippen molar-refractivity contribution in [3.63, 3.8) is 0 Å². The van der Waals surface area contributed by atoms with Gasteiger partial charge in [0.2, 0.25) is 0 Å². The van der Waals surface area contributed by atoms with Gasteiger partial charge >= 0.3 is 0 Å². The predicted octanol–water partition coefficient (Wildman–Crippen LogP) is 4.09. The third-order valence-corrected chi connectivity index (χ3v) is 3.64. The van der Waals surface area contributed by atoms with Crippen LogP contribution in [-0.4, -0.2) is 10.9 Å². The van der Waals surface area contributed by atoms with Gasteiger partial charge in [-0.1, -0.05) is 45.0 Å². The molecule has 0 aliphatic heterocycles. The van der Waals surface area contributed by atoms with Crippen molar-refractivity contribution in [1.82, 2.24) is 10.3 Å². The number of amides is 1. The van der Waals surface area contributed by atoms with Crippen molar-refractivity contribution in [2.75, 3.05) is 0 Å². The highest BCUT2D eigenvalue weighted by atomic mass is 16.1. The fraction of sp³-hybridized carbons (Fsp3) is 0.333. The number of benzene rings is 1. The Bertz CT molecular complexity index is 576. The van der Waals surface area contributed by atoms with Crippen LogP contribution in [0.4, 0.5) is 0 Å². The molecule has 1 amide bonds. The summed E-state index contributed by atoms with van der Waals surface area (Å²) in [5.74, 6) is 0.437. The Labute approximate surface area is 126 Å². The SMILES string of the molecule is CC[C@@H](NC(=O)c1cccnc1)c1ccc(C(C)C)cc1.